The predicted molar refractivity (Wildman–Crippen MR) is 71.4 cm³/mol. The maximum atomic E-state index is 11.5. The third kappa shape index (κ3) is 5.60. The molecule has 0 saturated carbocycles. The van der Waals surface area contributed by atoms with Crippen LogP contribution in [0.3, 0.4) is 0 Å². The lowest BCUT2D eigenvalue weighted by molar-refractivity contribution is -0.113. The van der Waals surface area contributed by atoms with E-state index in [-0.39, 0.29) is 11.7 Å². The molecule has 0 radical (unpaired) electrons. The molecule has 0 spiro atoms. The number of benzene rings is 1. The molecule has 4 nitrogen and oxygen atoms in total. The lowest BCUT2D eigenvalue weighted by Crippen LogP contribution is -2.21. The number of nitrogens with two attached hydrogens (primary N) is 1. The lowest BCUT2D eigenvalue weighted by Gasteiger charge is -2.05. The van der Waals surface area contributed by atoms with Gasteiger partial charge in [-0.25, -0.2) is 0 Å². The number of amides is 1. The Morgan fingerprint density at radius 1 is 1.35 bits per heavy atom. The van der Waals surface area contributed by atoms with Crippen molar-refractivity contribution in [3.05, 3.63) is 29.8 Å². The van der Waals surface area contributed by atoms with E-state index >= 15 is 0 Å². The average Bonchev–Trinajstić information content (AvgIpc) is 2.29. The van der Waals surface area contributed by atoms with Crippen molar-refractivity contribution in [3.63, 3.8) is 0 Å². The average molecular weight is 254 g/mol. The molecule has 3 N–H and O–H groups in total. The maximum absolute atomic E-state index is 11.5. The first kappa shape index (κ1) is 13.9. The quantitative estimate of drug-likeness (QED) is 0.796. The van der Waals surface area contributed by atoms with Gasteiger partial charge in [0, 0.05) is 22.2 Å². The zero-order chi connectivity index (χ0) is 12.7. The molecule has 0 aliphatic carbocycles. The topological polar surface area (TPSA) is 72.2 Å². The summed E-state index contributed by atoms with van der Waals surface area (Å²) in [6.45, 7) is 2.48. The highest BCUT2D eigenvalue weighted by atomic mass is 32.2. The zero-order valence-electron chi connectivity index (χ0n) is 9.94. The molecule has 0 fully saturated rings. The Morgan fingerprint density at radius 2 is 2.00 bits per heavy atom. The SMILES string of the molecule is Cc1ccc(NC(=O)CS(=O)CCCN)cc1. The van der Waals surface area contributed by atoms with E-state index < -0.39 is 10.8 Å². The van der Waals surface area contributed by atoms with Gasteiger partial charge in [-0.3, -0.25) is 9.00 Å². The van der Waals surface area contributed by atoms with Crippen molar-refractivity contribution in [3.8, 4) is 0 Å². The summed E-state index contributed by atoms with van der Waals surface area (Å²) in [5.41, 5.74) is 7.18. The molecule has 1 amide bonds. The Labute approximate surface area is 104 Å². The van der Waals surface area contributed by atoms with Gasteiger partial charge in [0.2, 0.25) is 5.91 Å². The van der Waals surface area contributed by atoms with E-state index in [2.05, 4.69) is 5.32 Å². The summed E-state index contributed by atoms with van der Waals surface area (Å²) in [7, 11) is -1.12. The van der Waals surface area contributed by atoms with Crippen LogP contribution in [0.15, 0.2) is 24.3 Å². The highest BCUT2D eigenvalue weighted by molar-refractivity contribution is 7.85. The van der Waals surface area contributed by atoms with Gasteiger partial charge in [-0.1, -0.05) is 17.7 Å². The van der Waals surface area contributed by atoms with Crippen LogP contribution >= 0.6 is 0 Å². The minimum atomic E-state index is -1.12. The van der Waals surface area contributed by atoms with Gasteiger partial charge >= 0.3 is 0 Å². The van der Waals surface area contributed by atoms with Gasteiger partial charge in [-0.15, -0.1) is 0 Å². The normalized spacial score (nSPS) is 12.1. The Balaban J connectivity index is 2.39. The van der Waals surface area contributed by atoms with E-state index in [1.807, 2.05) is 31.2 Å². The van der Waals surface area contributed by atoms with Crippen molar-refractivity contribution in [1.29, 1.82) is 0 Å². The van der Waals surface area contributed by atoms with Gasteiger partial charge in [-0.05, 0) is 32.0 Å². The molecule has 1 rings (SSSR count). The number of aryl methyl sites for hydroxylation is 1. The van der Waals surface area contributed by atoms with Gasteiger partial charge in [0.25, 0.3) is 0 Å². The lowest BCUT2D eigenvalue weighted by atomic mass is 10.2. The monoisotopic (exact) mass is 254 g/mol. The van der Waals surface area contributed by atoms with Gasteiger partial charge in [0.05, 0.1) is 0 Å². The number of carbonyl (C=O) groups excluding carboxylic acids is 1. The third-order valence-corrected chi connectivity index (χ3v) is 3.53. The first-order valence-electron chi connectivity index (χ1n) is 5.53. The van der Waals surface area contributed by atoms with Crippen molar-refractivity contribution in [1.82, 2.24) is 0 Å². The van der Waals surface area contributed by atoms with Crippen molar-refractivity contribution in [2.75, 3.05) is 23.4 Å². The molecular weight excluding hydrogens is 236 g/mol. The summed E-state index contributed by atoms with van der Waals surface area (Å²) in [6, 6.07) is 7.49. The second kappa shape index (κ2) is 7.19. The minimum absolute atomic E-state index is 0.0356. The smallest absolute Gasteiger partial charge is 0.236 e. The number of anilines is 1. The summed E-state index contributed by atoms with van der Waals surface area (Å²) < 4.78 is 11.5. The number of rotatable bonds is 6. The Bertz CT molecular complexity index is 390. The molecule has 0 saturated heterocycles. The van der Waals surface area contributed by atoms with Crippen LogP contribution in [0.1, 0.15) is 12.0 Å². The first-order chi connectivity index (χ1) is 8.11. The van der Waals surface area contributed by atoms with E-state index in [9.17, 15) is 9.00 Å². The van der Waals surface area contributed by atoms with Crippen LogP contribution in [-0.4, -0.2) is 28.2 Å². The molecule has 1 unspecified atom stereocenters. The fraction of sp³-hybridized carbons (Fsp3) is 0.417. The summed E-state index contributed by atoms with van der Waals surface area (Å²) in [5.74, 6) is 0.301. The Morgan fingerprint density at radius 3 is 2.59 bits per heavy atom. The minimum Gasteiger partial charge on any atom is -0.330 e. The summed E-state index contributed by atoms with van der Waals surface area (Å²) in [5, 5.41) is 2.71. The number of nitrogens with one attached hydrogen (secondary N) is 1. The first-order valence-corrected chi connectivity index (χ1v) is 7.02. The van der Waals surface area contributed by atoms with E-state index in [1.165, 1.54) is 0 Å². The Kier molecular flexibility index (Phi) is 5.86. The van der Waals surface area contributed by atoms with Gasteiger partial charge in [0.15, 0.2) is 0 Å². The number of carbonyl (C=O) groups is 1. The van der Waals surface area contributed by atoms with Crippen molar-refractivity contribution in [2.24, 2.45) is 5.73 Å². The van der Waals surface area contributed by atoms with Crippen LogP contribution in [0.5, 0.6) is 0 Å². The van der Waals surface area contributed by atoms with Gasteiger partial charge < -0.3 is 11.1 Å². The van der Waals surface area contributed by atoms with E-state index in [4.69, 9.17) is 5.73 Å². The molecule has 1 atom stereocenters. The van der Waals surface area contributed by atoms with Gasteiger partial charge in [-0.2, -0.15) is 0 Å². The van der Waals surface area contributed by atoms with Crippen molar-refractivity contribution < 1.29 is 9.00 Å². The highest BCUT2D eigenvalue weighted by Gasteiger charge is 2.07. The summed E-state index contributed by atoms with van der Waals surface area (Å²) >= 11 is 0. The van der Waals surface area contributed by atoms with Crippen LogP contribution in [0.25, 0.3) is 0 Å². The maximum Gasteiger partial charge on any atom is 0.236 e. The molecule has 5 heteroatoms. The fourth-order valence-electron chi connectivity index (χ4n) is 1.30. The molecule has 1 aromatic rings. The molecule has 0 aliphatic rings. The van der Waals surface area contributed by atoms with Crippen LogP contribution in [0, 0.1) is 6.92 Å². The van der Waals surface area contributed by atoms with Crippen LogP contribution in [0.2, 0.25) is 0 Å². The van der Waals surface area contributed by atoms with E-state index in [1.54, 1.807) is 0 Å². The van der Waals surface area contributed by atoms with Crippen molar-refractivity contribution >= 4 is 22.4 Å². The molecule has 1 aromatic carbocycles. The summed E-state index contributed by atoms with van der Waals surface area (Å²) in [4.78, 5) is 11.5. The van der Waals surface area contributed by atoms with Crippen LogP contribution in [0.4, 0.5) is 5.69 Å². The van der Waals surface area contributed by atoms with Crippen molar-refractivity contribution in [2.45, 2.75) is 13.3 Å². The van der Waals surface area contributed by atoms with Crippen LogP contribution in [-0.2, 0) is 15.6 Å². The molecule has 94 valence electrons. The predicted octanol–water partition coefficient (Wildman–Crippen LogP) is 1.03. The second-order valence-corrected chi connectivity index (χ2v) is 5.42. The number of hydrogen-bond acceptors (Lipinski definition) is 3. The largest absolute Gasteiger partial charge is 0.330 e. The van der Waals surface area contributed by atoms with E-state index in [0.29, 0.717) is 18.7 Å². The van der Waals surface area contributed by atoms with E-state index in [0.717, 1.165) is 11.3 Å². The fourth-order valence-corrected chi connectivity index (χ4v) is 2.29. The molecule has 0 heterocycles. The highest BCUT2D eigenvalue weighted by Crippen LogP contribution is 2.08. The van der Waals surface area contributed by atoms with Crippen LogP contribution < -0.4 is 11.1 Å². The number of hydrogen-bond donors (Lipinski definition) is 2. The molecular formula is C12H18N2O2S. The summed E-state index contributed by atoms with van der Waals surface area (Å²) in [6.07, 6.45) is 0.685. The molecule has 0 aromatic heterocycles. The standard InChI is InChI=1S/C12H18N2O2S/c1-10-3-5-11(6-4-10)14-12(15)9-17(16)8-2-7-13/h3-6H,2,7-9,13H2,1H3,(H,14,15). The Hall–Kier alpha value is -1.20. The molecule has 0 bridgehead atoms. The molecule has 17 heavy (non-hydrogen) atoms. The zero-order valence-corrected chi connectivity index (χ0v) is 10.8. The molecule has 0 aliphatic heterocycles. The second-order valence-electron chi connectivity index (χ2n) is 3.84. The van der Waals surface area contributed by atoms with Gasteiger partial charge in [0.1, 0.15) is 5.75 Å². The third-order valence-electron chi connectivity index (χ3n) is 2.20.